The molecular formula is C11H19N3. The van der Waals surface area contributed by atoms with E-state index in [4.69, 9.17) is 0 Å². The van der Waals surface area contributed by atoms with E-state index in [-0.39, 0.29) is 1.43 Å². The van der Waals surface area contributed by atoms with Crippen molar-refractivity contribution in [2.45, 2.75) is 33.6 Å². The standard InChI is InChI=1S/C9H11N3.C2H6.H2/c1-6(2)7-3-8-9(4-10-7)12-5-11-8;1-2;/h3-6H,1-2H3,(H,11,12);1-2H3;1H. The van der Waals surface area contributed by atoms with Crippen molar-refractivity contribution in [1.82, 2.24) is 15.0 Å². The van der Waals surface area contributed by atoms with E-state index in [2.05, 4.69) is 28.8 Å². The Balaban J connectivity index is 0.000000617. The lowest BCUT2D eigenvalue weighted by Gasteiger charge is -2.01. The topological polar surface area (TPSA) is 41.6 Å². The van der Waals surface area contributed by atoms with Gasteiger partial charge in [-0.05, 0) is 12.0 Å². The first-order chi connectivity index (χ1) is 6.77. The average molecular weight is 193 g/mol. The molecule has 0 saturated carbocycles. The van der Waals surface area contributed by atoms with Crippen LogP contribution in [0.15, 0.2) is 18.6 Å². The van der Waals surface area contributed by atoms with Crippen LogP contribution in [0.3, 0.4) is 0 Å². The summed E-state index contributed by atoms with van der Waals surface area (Å²) in [5.41, 5.74) is 3.09. The lowest BCUT2D eigenvalue weighted by molar-refractivity contribution is 0.825. The monoisotopic (exact) mass is 193 g/mol. The fourth-order valence-electron chi connectivity index (χ4n) is 1.17. The highest BCUT2D eigenvalue weighted by molar-refractivity contribution is 5.73. The zero-order valence-electron chi connectivity index (χ0n) is 9.20. The number of rotatable bonds is 1. The first-order valence-corrected chi connectivity index (χ1v) is 5.06. The number of nitrogens with one attached hydrogen (secondary N) is 1. The third-order valence-corrected chi connectivity index (χ3v) is 1.92. The fraction of sp³-hybridized carbons (Fsp3) is 0.455. The van der Waals surface area contributed by atoms with Crippen molar-refractivity contribution < 1.29 is 1.43 Å². The molecule has 1 N–H and O–H groups in total. The van der Waals surface area contributed by atoms with Crippen LogP contribution in [0.1, 0.15) is 40.7 Å². The van der Waals surface area contributed by atoms with E-state index in [1.165, 1.54) is 0 Å². The molecule has 0 bridgehead atoms. The molecule has 3 nitrogen and oxygen atoms in total. The van der Waals surface area contributed by atoms with Gasteiger partial charge in [-0.3, -0.25) is 4.98 Å². The van der Waals surface area contributed by atoms with Crippen LogP contribution in [0.2, 0.25) is 0 Å². The maximum Gasteiger partial charge on any atom is 0.0932 e. The van der Waals surface area contributed by atoms with Crippen LogP contribution >= 0.6 is 0 Å². The molecule has 0 radical (unpaired) electrons. The van der Waals surface area contributed by atoms with Gasteiger partial charge in [-0.25, -0.2) is 4.98 Å². The summed E-state index contributed by atoms with van der Waals surface area (Å²) in [4.78, 5) is 11.5. The molecule has 0 atom stereocenters. The van der Waals surface area contributed by atoms with Gasteiger partial charge in [0, 0.05) is 7.12 Å². The summed E-state index contributed by atoms with van der Waals surface area (Å²) >= 11 is 0. The number of imidazole rings is 1. The smallest absolute Gasteiger partial charge is 0.0932 e. The minimum Gasteiger partial charge on any atom is -0.343 e. The van der Waals surface area contributed by atoms with Crippen LogP contribution in [0.5, 0.6) is 0 Å². The highest BCUT2D eigenvalue weighted by Crippen LogP contribution is 2.15. The molecule has 0 aliphatic rings. The fourth-order valence-corrected chi connectivity index (χ4v) is 1.17. The van der Waals surface area contributed by atoms with Crippen LogP contribution in [0.25, 0.3) is 11.0 Å². The summed E-state index contributed by atoms with van der Waals surface area (Å²) in [5, 5.41) is 0. The van der Waals surface area contributed by atoms with Crippen LogP contribution in [0, 0.1) is 0 Å². The number of nitrogens with zero attached hydrogens (tertiary/aromatic N) is 2. The van der Waals surface area contributed by atoms with Crippen LogP contribution in [-0.4, -0.2) is 15.0 Å². The molecule has 0 unspecified atom stereocenters. The van der Waals surface area contributed by atoms with Crippen molar-refractivity contribution in [2.75, 3.05) is 0 Å². The second kappa shape index (κ2) is 4.74. The summed E-state index contributed by atoms with van der Waals surface area (Å²) in [6.45, 7) is 8.25. The molecule has 2 heterocycles. The van der Waals surface area contributed by atoms with Crippen molar-refractivity contribution in [3.63, 3.8) is 0 Å². The second-order valence-corrected chi connectivity index (χ2v) is 3.18. The zero-order valence-corrected chi connectivity index (χ0v) is 9.20. The average Bonchev–Trinajstić information content (AvgIpc) is 2.67. The van der Waals surface area contributed by atoms with Gasteiger partial charge in [0.15, 0.2) is 0 Å². The van der Waals surface area contributed by atoms with Crippen molar-refractivity contribution in [1.29, 1.82) is 0 Å². The van der Waals surface area contributed by atoms with Crippen LogP contribution < -0.4 is 0 Å². The molecular weight excluding hydrogens is 174 g/mol. The first-order valence-electron chi connectivity index (χ1n) is 5.06. The van der Waals surface area contributed by atoms with E-state index in [1.54, 1.807) is 6.33 Å². The minimum absolute atomic E-state index is 0. The van der Waals surface area contributed by atoms with Gasteiger partial charge in [-0.1, -0.05) is 27.7 Å². The third kappa shape index (κ3) is 2.10. The van der Waals surface area contributed by atoms with Crippen molar-refractivity contribution in [3.05, 3.63) is 24.3 Å². The Hall–Kier alpha value is -1.38. The number of hydrogen-bond donors (Lipinski definition) is 1. The number of aromatic nitrogens is 3. The van der Waals surface area contributed by atoms with Gasteiger partial charge in [0.25, 0.3) is 0 Å². The number of hydrogen-bond acceptors (Lipinski definition) is 2. The molecule has 0 aliphatic heterocycles. The highest BCUT2D eigenvalue weighted by atomic mass is 14.9. The van der Waals surface area contributed by atoms with Gasteiger partial charge in [0.1, 0.15) is 0 Å². The van der Waals surface area contributed by atoms with Gasteiger partial charge in [0.2, 0.25) is 0 Å². The van der Waals surface area contributed by atoms with E-state index >= 15 is 0 Å². The zero-order chi connectivity index (χ0) is 10.6. The Morgan fingerprint density at radius 3 is 2.64 bits per heavy atom. The van der Waals surface area contributed by atoms with Gasteiger partial charge < -0.3 is 4.98 Å². The summed E-state index contributed by atoms with van der Waals surface area (Å²) in [6, 6.07) is 2.02. The maximum atomic E-state index is 4.31. The van der Waals surface area contributed by atoms with E-state index in [1.807, 2.05) is 26.1 Å². The predicted octanol–water partition coefficient (Wildman–Crippen LogP) is 3.35. The molecule has 2 rings (SSSR count). The molecule has 14 heavy (non-hydrogen) atoms. The molecule has 2 aromatic heterocycles. The first kappa shape index (κ1) is 10.7. The number of pyridine rings is 1. The van der Waals surface area contributed by atoms with Gasteiger partial charge >= 0.3 is 0 Å². The van der Waals surface area contributed by atoms with E-state index in [0.717, 1.165) is 16.7 Å². The Labute approximate surface area is 86.1 Å². The number of fused-ring (bicyclic) bond motifs is 1. The summed E-state index contributed by atoms with van der Waals surface area (Å²) in [5.74, 6) is 0.464. The Bertz CT molecular complexity index is 395. The summed E-state index contributed by atoms with van der Waals surface area (Å²) < 4.78 is 0. The van der Waals surface area contributed by atoms with Crippen LogP contribution in [-0.2, 0) is 0 Å². The molecule has 2 aromatic rings. The summed E-state index contributed by atoms with van der Waals surface area (Å²) in [6.07, 6.45) is 3.52. The van der Waals surface area contributed by atoms with Gasteiger partial charge in [-0.15, -0.1) is 0 Å². The Kier molecular flexibility index (Phi) is 3.63. The predicted molar refractivity (Wildman–Crippen MR) is 61.4 cm³/mol. The summed E-state index contributed by atoms with van der Waals surface area (Å²) in [7, 11) is 0. The number of H-pyrrole nitrogens is 1. The number of aromatic amines is 1. The van der Waals surface area contributed by atoms with Crippen LogP contribution in [0.4, 0.5) is 0 Å². The van der Waals surface area contributed by atoms with E-state index < -0.39 is 0 Å². The molecule has 3 heteroatoms. The quantitative estimate of drug-likeness (QED) is 0.754. The minimum atomic E-state index is 0. The lowest BCUT2D eigenvalue weighted by Crippen LogP contribution is -1.91. The molecule has 0 fully saturated rings. The van der Waals surface area contributed by atoms with Gasteiger partial charge in [0.05, 0.1) is 23.6 Å². The third-order valence-electron chi connectivity index (χ3n) is 1.92. The molecule has 0 aromatic carbocycles. The van der Waals surface area contributed by atoms with Crippen molar-refractivity contribution in [3.8, 4) is 0 Å². The van der Waals surface area contributed by atoms with E-state index in [9.17, 15) is 0 Å². The molecule has 0 spiro atoms. The Morgan fingerprint density at radius 1 is 1.29 bits per heavy atom. The largest absolute Gasteiger partial charge is 0.343 e. The van der Waals surface area contributed by atoms with Crippen molar-refractivity contribution in [2.24, 2.45) is 0 Å². The normalized spacial score (nSPS) is 10.1. The Morgan fingerprint density at radius 2 is 2.00 bits per heavy atom. The molecule has 0 aliphatic carbocycles. The highest BCUT2D eigenvalue weighted by Gasteiger charge is 2.02. The lowest BCUT2D eigenvalue weighted by atomic mass is 10.1. The SMILES string of the molecule is CC.CC(C)c1cc2nc[nH]c2cn1.[HH]. The van der Waals surface area contributed by atoms with Crippen molar-refractivity contribution >= 4 is 11.0 Å². The van der Waals surface area contributed by atoms with E-state index in [0.29, 0.717) is 5.92 Å². The second-order valence-electron chi connectivity index (χ2n) is 3.18. The molecule has 0 amide bonds. The maximum absolute atomic E-state index is 4.31. The molecule has 78 valence electrons. The van der Waals surface area contributed by atoms with Gasteiger partial charge in [-0.2, -0.15) is 0 Å². The molecule has 0 saturated heterocycles.